The second-order valence-electron chi connectivity index (χ2n) is 4.52. The van der Waals surface area contributed by atoms with Gasteiger partial charge in [-0.1, -0.05) is 20.8 Å². The molecule has 0 radical (unpaired) electrons. The van der Waals surface area contributed by atoms with Crippen LogP contribution in [0.5, 0.6) is 0 Å². The van der Waals surface area contributed by atoms with Crippen molar-refractivity contribution in [2.24, 2.45) is 5.92 Å². The molecule has 0 aliphatic carbocycles. The van der Waals surface area contributed by atoms with Crippen LogP contribution in [0.3, 0.4) is 0 Å². The Morgan fingerprint density at radius 2 is 2.13 bits per heavy atom. The Balaban J connectivity index is 2.46. The molecule has 1 aromatic rings. The molecule has 0 fully saturated rings. The van der Waals surface area contributed by atoms with Crippen LogP contribution < -0.4 is 0 Å². The van der Waals surface area contributed by atoms with Gasteiger partial charge in [0.15, 0.2) is 0 Å². The minimum Gasteiger partial charge on any atom is -0.388 e. The average Bonchev–Trinajstić information content (AvgIpc) is 2.63. The lowest BCUT2D eigenvalue weighted by Crippen LogP contribution is -1.99. The summed E-state index contributed by atoms with van der Waals surface area (Å²) in [5, 5.41) is 14.1. The minimum atomic E-state index is -0.349. The maximum atomic E-state index is 9.90. The van der Waals surface area contributed by atoms with Crippen LogP contribution in [0.4, 0.5) is 0 Å². The van der Waals surface area contributed by atoms with Crippen molar-refractivity contribution in [1.29, 1.82) is 0 Å². The molecule has 1 rings (SSSR count). The third-order valence-electron chi connectivity index (χ3n) is 2.51. The third kappa shape index (κ3) is 4.04. The number of hydrogen-bond acceptors (Lipinski definition) is 2. The van der Waals surface area contributed by atoms with Crippen LogP contribution in [0.1, 0.15) is 51.7 Å². The maximum Gasteiger partial charge on any atom is 0.0820 e. The highest BCUT2D eigenvalue weighted by atomic mass is 16.3. The van der Waals surface area contributed by atoms with E-state index in [4.69, 9.17) is 0 Å². The zero-order valence-electron chi connectivity index (χ0n) is 9.98. The second-order valence-corrected chi connectivity index (χ2v) is 4.52. The van der Waals surface area contributed by atoms with Gasteiger partial charge < -0.3 is 5.11 Å². The van der Waals surface area contributed by atoms with Gasteiger partial charge >= 0.3 is 0 Å². The lowest BCUT2D eigenvalue weighted by Gasteiger charge is -2.09. The Labute approximate surface area is 92.1 Å². The summed E-state index contributed by atoms with van der Waals surface area (Å²) in [6, 6.07) is 0. The monoisotopic (exact) mass is 210 g/mol. The average molecular weight is 210 g/mol. The van der Waals surface area contributed by atoms with Crippen LogP contribution in [0.15, 0.2) is 12.4 Å². The number of aromatic nitrogens is 2. The molecule has 0 amide bonds. The standard InChI is InChI=1S/C12H22N2O/c1-4-7-14-9-11(8-13-14)12(15)6-5-10(2)3/h8-10,12,15H,4-7H2,1-3H3. The summed E-state index contributed by atoms with van der Waals surface area (Å²) < 4.78 is 1.90. The van der Waals surface area contributed by atoms with Crippen molar-refractivity contribution in [1.82, 2.24) is 9.78 Å². The highest BCUT2D eigenvalue weighted by Crippen LogP contribution is 2.20. The van der Waals surface area contributed by atoms with Crippen molar-refractivity contribution in [2.75, 3.05) is 0 Å². The Morgan fingerprint density at radius 1 is 1.40 bits per heavy atom. The lowest BCUT2D eigenvalue weighted by atomic mass is 10.0. The molecule has 1 heterocycles. The molecule has 0 bridgehead atoms. The van der Waals surface area contributed by atoms with Gasteiger partial charge in [0, 0.05) is 18.3 Å². The molecule has 0 aliphatic rings. The molecule has 0 aromatic carbocycles. The summed E-state index contributed by atoms with van der Waals surface area (Å²) in [5.74, 6) is 0.644. The fourth-order valence-corrected chi connectivity index (χ4v) is 1.56. The summed E-state index contributed by atoms with van der Waals surface area (Å²) in [6.45, 7) is 7.40. The topological polar surface area (TPSA) is 38.0 Å². The fraction of sp³-hybridized carbons (Fsp3) is 0.750. The van der Waals surface area contributed by atoms with E-state index in [2.05, 4.69) is 25.9 Å². The molecule has 86 valence electrons. The molecular formula is C12H22N2O. The number of rotatable bonds is 6. The second kappa shape index (κ2) is 5.91. The van der Waals surface area contributed by atoms with E-state index < -0.39 is 0 Å². The molecule has 3 heteroatoms. The van der Waals surface area contributed by atoms with E-state index >= 15 is 0 Å². The van der Waals surface area contributed by atoms with E-state index in [9.17, 15) is 5.11 Å². The molecule has 0 saturated heterocycles. The van der Waals surface area contributed by atoms with Gasteiger partial charge in [-0.05, 0) is 25.2 Å². The molecule has 0 aliphatic heterocycles. The van der Waals surface area contributed by atoms with Gasteiger partial charge in [0.05, 0.1) is 12.3 Å². The highest BCUT2D eigenvalue weighted by Gasteiger charge is 2.10. The van der Waals surface area contributed by atoms with Crippen LogP contribution >= 0.6 is 0 Å². The first kappa shape index (κ1) is 12.2. The van der Waals surface area contributed by atoms with Crippen LogP contribution in [-0.2, 0) is 6.54 Å². The number of aliphatic hydroxyl groups is 1. The first-order valence-electron chi connectivity index (χ1n) is 5.84. The van der Waals surface area contributed by atoms with E-state index in [1.165, 1.54) is 0 Å². The van der Waals surface area contributed by atoms with Crippen LogP contribution in [-0.4, -0.2) is 14.9 Å². The fourth-order valence-electron chi connectivity index (χ4n) is 1.56. The molecule has 1 N–H and O–H groups in total. The summed E-state index contributed by atoms with van der Waals surface area (Å²) in [4.78, 5) is 0. The van der Waals surface area contributed by atoms with Gasteiger partial charge in [-0.15, -0.1) is 0 Å². The van der Waals surface area contributed by atoms with Crippen molar-refractivity contribution >= 4 is 0 Å². The molecule has 15 heavy (non-hydrogen) atoms. The van der Waals surface area contributed by atoms with Crippen molar-refractivity contribution in [3.8, 4) is 0 Å². The molecule has 0 spiro atoms. The number of aryl methyl sites for hydroxylation is 1. The zero-order chi connectivity index (χ0) is 11.3. The van der Waals surface area contributed by atoms with Crippen LogP contribution in [0, 0.1) is 5.92 Å². The summed E-state index contributed by atoms with van der Waals surface area (Å²) in [5.41, 5.74) is 0.948. The molecule has 0 saturated carbocycles. The largest absolute Gasteiger partial charge is 0.388 e. The van der Waals surface area contributed by atoms with Gasteiger partial charge in [0.1, 0.15) is 0 Å². The molecule has 3 nitrogen and oxygen atoms in total. The van der Waals surface area contributed by atoms with E-state index in [0.717, 1.165) is 31.4 Å². The summed E-state index contributed by atoms with van der Waals surface area (Å²) in [7, 11) is 0. The van der Waals surface area contributed by atoms with Crippen molar-refractivity contribution in [3.05, 3.63) is 18.0 Å². The predicted octanol–water partition coefficient (Wildman–Crippen LogP) is 2.76. The maximum absolute atomic E-state index is 9.90. The first-order valence-corrected chi connectivity index (χ1v) is 5.84. The van der Waals surface area contributed by atoms with E-state index in [0.29, 0.717) is 5.92 Å². The first-order chi connectivity index (χ1) is 7.13. The normalized spacial score (nSPS) is 13.4. The van der Waals surface area contributed by atoms with Gasteiger partial charge in [-0.2, -0.15) is 5.10 Å². The zero-order valence-corrected chi connectivity index (χ0v) is 9.98. The highest BCUT2D eigenvalue weighted by molar-refractivity contribution is 5.07. The smallest absolute Gasteiger partial charge is 0.0820 e. The Bertz CT molecular complexity index is 281. The molecule has 1 atom stereocenters. The van der Waals surface area contributed by atoms with Gasteiger partial charge in [-0.3, -0.25) is 4.68 Å². The van der Waals surface area contributed by atoms with Crippen LogP contribution in [0.25, 0.3) is 0 Å². The van der Waals surface area contributed by atoms with Gasteiger partial charge in [0.2, 0.25) is 0 Å². The Hall–Kier alpha value is -0.830. The number of hydrogen-bond donors (Lipinski definition) is 1. The molecule has 1 unspecified atom stereocenters. The Morgan fingerprint density at radius 3 is 2.73 bits per heavy atom. The van der Waals surface area contributed by atoms with Crippen LogP contribution in [0.2, 0.25) is 0 Å². The molecule has 1 aromatic heterocycles. The van der Waals surface area contributed by atoms with E-state index in [1.807, 2.05) is 10.9 Å². The van der Waals surface area contributed by atoms with Gasteiger partial charge in [0.25, 0.3) is 0 Å². The lowest BCUT2D eigenvalue weighted by molar-refractivity contribution is 0.159. The summed E-state index contributed by atoms with van der Waals surface area (Å²) in [6.07, 6.45) is 6.34. The van der Waals surface area contributed by atoms with E-state index in [-0.39, 0.29) is 6.10 Å². The number of nitrogens with zero attached hydrogens (tertiary/aromatic N) is 2. The molecular weight excluding hydrogens is 188 g/mol. The quantitative estimate of drug-likeness (QED) is 0.784. The predicted molar refractivity (Wildman–Crippen MR) is 61.5 cm³/mol. The SMILES string of the molecule is CCCn1cc(C(O)CCC(C)C)cn1. The van der Waals surface area contributed by atoms with Crippen molar-refractivity contribution in [3.63, 3.8) is 0 Å². The van der Waals surface area contributed by atoms with Crippen molar-refractivity contribution < 1.29 is 5.11 Å². The van der Waals surface area contributed by atoms with E-state index in [1.54, 1.807) is 6.20 Å². The Kier molecular flexibility index (Phi) is 4.82. The number of aliphatic hydroxyl groups excluding tert-OH is 1. The van der Waals surface area contributed by atoms with Crippen molar-refractivity contribution in [2.45, 2.75) is 52.7 Å². The third-order valence-corrected chi connectivity index (χ3v) is 2.51. The minimum absolute atomic E-state index is 0.349. The summed E-state index contributed by atoms with van der Waals surface area (Å²) >= 11 is 0. The van der Waals surface area contributed by atoms with Gasteiger partial charge in [-0.25, -0.2) is 0 Å².